The molecule has 1 aliphatic heterocycles. The lowest BCUT2D eigenvalue weighted by molar-refractivity contribution is -0.139. The zero-order valence-corrected chi connectivity index (χ0v) is 14.8. The fraction of sp³-hybridized carbons (Fsp3) is 0.238. The van der Waals surface area contributed by atoms with Crippen molar-refractivity contribution in [1.82, 2.24) is 4.90 Å². The lowest BCUT2D eigenvalue weighted by Gasteiger charge is -2.24. The summed E-state index contributed by atoms with van der Waals surface area (Å²) >= 11 is 0. The first kappa shape index (κ1) is 17.7. The maximum Gasteiger partial charge on any atom is 0.295 e. The number of amides is 1. The van der Waals surface area contributed by atoms with Crippen molar-refractivity contribution < 1.29 is 19.4 Å². The first-order chi connectivity index (χ1) is 12.6. The zero-order valence-electron chi connectivity index (χ0n) is 14.8. The Morgan fingerprint density at radius 1 is 1.08 bits per heavy atom. The van der Waals surface area contributed by atoms with Gasteiger partial charge in [0.05, 0.1) is 18.7 Å². The van der Waals surface area contributed by atoms with E-state index in [1.54, 1.807) is 31.4 Å². The van der Waals surface area contributed by atoms with Gasteiger partial charge in [0.25, 0.3) is 11.7 Å². The number of hydrogen-bond donors (Lipinski definition) is 1. The average Bonchev–Trinajstić information content (AvgIpc) is 2.93. The van der Waals surface area contributed by atoms with Gasteiger partial charge in [0.15, 0.2) is 0 Å². The maximum atomic E-state index is 12.7. The van der Waals surface area contributed by atoms with E-state index in [0.717, 1.165) is 12.0 Å². The summed E-state index contributed by atoms with van der Waals surface area (Å²) in [5, 5.41) is 10.8. The van der Waals surface area contributed by atoms with E-state index in [9.17, 15) is 14.7 Å². The predicted octanol–water partition coefficient (Wildman–Crippen LogP) is 3.53. The Morgan fingerprint density at radius 2 is 1.73 bits per heavy atom. The number of carbonyl (C=O) groups excluding carboxylic acids is 2. The van der Waals surface area contributed by atoms with Crippen molar-refractivity contribution >= 4 is 17.4 Å². The second kappa shape index (κ2) is 7.44. The van der Waals surface area contributed by atoms with Crippen LogP contribution in [0.5, 0.6) is 5.75 Å². The quantitative estimate of drug-likeness (QED) is 0.508. The molecule has 1 saturated heterocycles. The first-order valence-electron chi connectivity index (χ1n) is 8.56. The summed E-state index contributed by atoms with van der Waals surface area (Å²) in [7, 11) is 1.56. The number of nitrogens with zero attached hydrogens (tertiary/aromatic N) is 1. The summed E-state index contributed by atoms with van der Waals surface area (Å²) in [6, 6.07) is 15.5. The number of hydrogen-bond acceptors (Lipinski definition) is 4. The third-order valence-electron chi connectivity index (χ3n) is 4.48. The Labute approximate surface area is 152 Å². The highest BCUT2D eigenvalue weighted by atomic mass is 16.5. The molecular formula is C21H21NO4. The fourth-order valence-corrected chi connectivity index (χ4v) is 3.24. The van der Waals surface area contributed by atoms with Gasteiger partial charge in [-0.05, 0) is 36.2 Å². The summed E-state index contributed by atoms with van der Waals surface area (Å²) in [5.41, 5.74) is 1.40. The van der Waals surface area contributed by atoms with Crippen molar-refractivity contribution in [1.29, 1.82) is 0 Å². The van der Waals surface area contributed by atoms with Crippen LogP contribution in [0, 0.1) is 0 Å². The summed E-state index contributed by atoms with van der Waals surface area (Å²) in [6.07, 6.45) is 0.721. The van der Waals surface area contributed by atoms with Gasteiger partial charge < -0.3 is 14.7 Å². The highest BCUT2D eigenvalue weighted by molar-refractivity contribution is 6.46. The molecule has 5 nitrogen and oxygen atoms in total. The van der Waals surface area contributed by atoms with E-state index in [4.69, 9.17) is 4.74 Å². The van der Waals surface area contributed by atoms with Gasteiger partial charge >= 0.3 is 0 Å². The Bertz CT molecular complexity index is 840. The average molecular weight is 351 g/mol. The number of Topliss-reactive ketones (excluding diaryl/α,β-unsaturated/α-hetero) is 1. The second-order valence-corrected chi connectivity index (χ2v) is 6.13. The van der Waals surface area contributed by atoms with Crippen molar-refractivity contribution in [3.8, 4) is 5.75 Å². The van der Waals surface area contributed by atoms with Crippen molar-refractivity contribution in [3.05, 3.63) is 71.3 Å². The molecule has 1 aliphatic rings. The van der Waals surface area contributed by atoms with Crippen LogP contribution < -0.4 is 4.74 Å². The van der Waals surface area contributed by atoms with Crippen molar-refractivity contribution in [2.75, 3.05) is 13.7 Å². The monoisotopic (exact) mass is 351 g/mol. The molecule has 0 aromatic heterocycles. The third-order valence-corrected chi connectivity index (χ3v) is 4.48. The number of benzene rings is 2. The van der Waals surface area contributed by atoms with Crippen LogP contribution in [-0.4, -0.2) is 35.4 Å². The molecule has 5 heteroatoms. The lowest BCUT2D eigenvalue weighted by Crippen LogP contribution is -2.30. The molecule has 0 bridgehead atoms. The molecule has 1 N–H and O–H groups in total. The zero-order chi connectivity index (χ0) is 18.7. The molecule has 0 spiro atoms. The minimum absolute atomic E-state index is 0.125. The van der Waals surface area contributed by atoms with Crippen LogP contribution in [0.1, 0.15) is 30.5 Å². The minimum atomic E-state index is -0.652. The number of likely N-dealkylation sites (tertiary alicyclic amines) is 1. The van der Waals surface area contributed by atoms with Gasteiger partial charge in [-0.25, -0.2) is 0 Å². The molecule has 26 heavy (non-hydrogen) atoms. The van der Waals surface area contributed by atoms with E-state index in [1.807, 2.05) is 37.3 Å². The first-order valence-corrected chi connectivity index (χ1v) is 8.56. The summed E-state index contributed by atoms with van der Waals surface area (Å²) in [5.74, 6) is -0.748. The maximum absolute atomic E-state index is 12.7. The molecule has 0 saturated carbocycles. The van der Waals surface area contributed by atoms with Crippen LogP contribution in [0.4, 0.5) is 0 Å². The predicted molar refractivity (Wildman–Crippen MR) is 98.7 cm³/mol. The van der Waals surface area contributed by atoms with Crippen LogP contribution in [0.25, 0.3) is 5.76 Å². The standard InChI is InChI=1S/C21H21NO4/c1-3-13-22-18(14-7-5-4-6-8-14)17(20(24)21(22)25)19(23)15-9-11-16(26-2)12-10-15/h4-12,18,23H,3,13H2,1-2H3/t18-/m1/s1. The van der Waals surface area contributed by atoms with E-state index in [-0.39, 0.29) is 11.3 Å². The molecule has 0 unspecified atom stereocenters. The van der Waals surface area contributed by atoms with Crippen LogP contribution in [0.2, 0.25) is 0 Å². The smallest absolute Gasteiger partial charge is 0.295 e. The fourth-order valence-electron chi connectivity index (χ4n) is 3.24. The Hall–Kier alpha value is -3.08. The second-order valence-electron chi connectivity index (χ2n) is 6.13. The number of ketones is 1. The van der Waals surface area contributed by atoms with E-state index in [1.165, 1.54) is 4.90 Å². The molecular weight excluding hydrogens is 330 g/mol. The normalized spacial score (nSPS) is 19.0. The number of ether oxygens (including phenoxy) is 1. The largest absolute Gasteiger partial charge is 0.507 e. The molecule has 2 aromatic rings. The number of rotatable bonds is 5. The van der Waals surface area contributed by atoms with Gasteiger partial charge in [0.2, 0.25) is 0 Å². The molecule has 1 amide bonds. The number of aliphatic hydroxyl groups is 1. The molecule has 0 aliphatic carbocycles. The van der Waals surface area contributed by atoms with E-state index in [2.05, 4.69) is 0 Å². The molecule has 1 heterocycles. The number of carbonyl (C=O) groups is 2. The van der Waals surface area contributed by atoms with Crippen LogP contribution >= 0.6 is 0 Å². The van der Waals surface area contributed by atoms with E-state index < -0.39 is 17.7 Å². The van der Waals surface area contributed by atoms with E-state index in [0.29, 0.717) is 17.9 Å². The van der Waals surface area contributed by atoms with Crippen molar-refractivity contribution in [3.63, 3.8) is 0 Å². The molecule has 1 atom stereocenters. The van der Waals surface area contributed by atoms with Gasteiger partial charge in [-0.1, -0.05) is 37.3 Å². The number of methoxy groups -OCH3 is 1. The summed E-state index contributed by atoms with van der Waals surface area (Å²) < 4.78 is 5.13. The Kier molecular flexibility index (Phi) is 5.07. The van der Waals surface area contributed by atoms with Gasteiger partial charge in [-0.2, -0.15) is 0 Å². The number of aliphatic hydroxyl groups excluding tert-OH is 1. The molecule has 2 aromatic carbocycles. The molecule has 1 fully saturated rings. The van der Waals surface area contributed by atoms with Crippen LogP contribution in [-0.2, 0) is 9.59 Å². The minimum Gasteiger partial charge on any atom is -0.507 e. The third kappa shape index (κ3) is 3.08. The highest BCUT2D eigenvalue weighted by Gasteiger charge is 2.45. The van der Waals surface area contributed by atoms with Crippen LogP contribution in [0.15, 0.2) is 60.2 Å². The molecule has 3 rings (SSSR count). The van der Waals surface area contributed by atoms with Gasteiger partial charge in [0, 0.05) is 12.1 Å². The van der Waals surface area contributed by atoms with Gasteiger partial charge in [-0.3, -0.25) is 9.59 Å². The summed E-state index contributed by atoms with van der Waals surface area (Å²) in [4.78, 5) is 26.7. The van der Waals surface area contributed by atoms with Gasteiger partial charge in [0.1, 0.15) is 11.5 Å². The van der Waals surface area contributed by atoms with Crippen molar-refractivity contribution in [2.24, 2.45) is 0 Å². The summed E-state index contributed by atoms with van der Waals surface area (Å²) in [6.45, 7) is 2.40. The molecule has 134 valence electrons. The highest BCUT2D eigenvalue weighted by Crippen LogP contribution is 2.39. The van der Waals surface area contributed by atoms with E-state index >= 15 is 0 Å². The lowest BCUT2D eigenvalue weighted by atomic mass is 9.95. The van der Waals surface area contributed by atoms with Gasteiger partial charge in [-0.15, -0.1) is 0 Å². The van der Waals surface area contributed by atoms with Crippen LogP contribution in [0.3, 0.4) is 0 Å². The topological polar surface area (TPSA) is 66.8 Å². The van der Waals surface area contributed by atoms with Crippen molar-refractivity contribution in [2.45, 2.75) is 19.4 Å². The Morgan fingerprint density at radius 3 is 2.31 bits per heavy atom. The molecule has 0 radical (unpaired) electrons. The Balaban J connectivity index is 2.14. The SMILES string of the molecule is CCCN1C(=O)C(=O)C(=C(O)c2ccc(OC)cc2)[C@H]1c1ccccc1.